The maximum atomic E-state index is 11.3. The summed E-state index contributed by atoms with van der Waals surface area (Å²) in [7, 11) is 0. The lowest BCUT2D eigenvalue weighted by Crippen LogP contribution is -2.43. The van der Waals surface area contributed by atoms with Crippen LogP contribution in [0.4, 0.5) is 0 Å². The van der Waals surface area contributed by atoms with Crippen LogP contribution in [-0.2, 0) is 4.79 Å². The van der Waals surface area contributed by atoms with E-state index in [4.69, 9.17) is 10.8 Å². The van der Waals surface area contributed by atoms with Gasteiger partial charge in [0.15, 0.2) is 0 Å². The molecule has 4 nitrogen and oxygen atoms in total. The molecule has 0 saturated heterocycles. The number of carbonyl (C=O) groups is 1. The van der Waals surface area contributed by atoms with Crippen LogP contribution in [0, 0.1) is 0 Å². The second-order valence-corrected chi connectivity index (χ2v) is 7.38. The number of nitrogens with two attached hydrogens (primary N) is 1. The van der Waals surface area contributed by atoms with Gasteiger partial charge in [0, 0.05) is 6.54 Å². The zero-order valence-corrected chi connectivity index (χ0v) is 18.0. The van der Waals surface area contributed by atoms with Crippen LogP contribution in [-0.4, -0.2) is 30.2 Å². The summed E-state index contributed by atoms with van der Waals surface area (Å²) < 4.78 is 0. The van der Waals surface area contributed by atoms with Crippen molar-refractivity contribution in [2.75, 3.05) is 13.2 Å². The Bertz CT molecular complexity index is 291. The van der Waals surface area contributed by atoms with Crippen molar-refractivity contribution in [2.24, 2.45) is 5.73 Å². The Balaban J connectivity index is 0. The Morgan fingerprint density at radius 2 is 1.12 bits per heavy atom. The van der Waals surface area contributed by atoms with Crippen molar-refractivity contribution in [3.63, 3.8) is 0 Å². The van der Waals surface area contributed by atoms with Crippen molar-refractivity contribution in [1.29, 1.82) is 0 Å². The van der Waals surface area contributed by atoms with E-state index in [2.05, 4.69) is 12.2 Å². The lowest BCUT2D eigenvalue weighted by Gasteiger charge is -2.09. The van der Waals surface area contributed by atoms with E-state index in [-0.39, 0.29) is 24.9 Å². The van der Waals surface area contributed by atoms with Crippen molar-refractivity contribution in [3.05, 3.63) is 0 Å². The number of amides is 1. The van der Waals surface area contributed by atoms with Crippen molar-refractivity contribution in [3.8, 4) is 0 Å². The van der Waals surface area contributed by atoms with Crippen molar-refractivity contribution < 1.29 is 9.90 Å². The molecule has 0 unspecified atom stereocenters. The number of aliphatic hydroxyl groups excluding tert-OH is 1. The normalized spacial score (nSPS) is 11.8. The van der Waals surface area contributed by atoms with Crippen LogP contribution in [0.25, 0.3) is 0 Å². The maximum absolute atomic E-state index is 11.3. The largest absolute Gasteiger partial charge is 0.394 e. The first-order valence-corrected chi connectivity index (χ1v) is 10.9. The average molecular weight is 393 g/mol. The lowest BCUT2D eigenvalue weighted by molar-refractivity contribution is -0.123. The van der Waals surface area contributed by atoms with Crippen LogP contribution < -0.4 is 11.1 Å². The second kappa shape index (κ2) is 22.7. The van der Waals surface area contributed by atoms with Crippen LogP contribution in [0.15, 0.2) is 0 Å². The van der Waals surface area contributed by atoms with Gasteiger partial charge >= 0.3 is 0 Å². The molecule has 0 radical (unpaired) electrons. The van der Waals surface area contributed by atoms with Gasteiger partial charge in [-0.15, -0.1) is 12.4 Å². The Labute approximate surface area is 168 Å². The molecule has 0 aliphatic rings. The highest BCUT2D eigenvalue weighted by Crippen LogP contribution is 2.13. The van der Waals surface area contributed by atoms with Gasteiger partial charge in [0.2, 0.25) is 5.91 Å². The Kier molecular flexibility index (Phi) is 24.4. The molecule has 0 aliphatic heterocycles. The van der Waals surface area contributed by atoms with Crippen LogP contribution in [0.2, 0.25) is 0 Å². The molecular formula is C21H45ClN2O2. The molecule has 5 heteroatoms. The summed E-state index contributed by atoms with van der Waals surface area (Å²) in [6.07, 6.45) is 21.6. The molecule has 0 fully saturated rings. The number of hydrogen-bond donors (Lipinski definition) is 3. The first kappa shape index (κ1) is 27.9. The van der Waals surface area contributed by atoms with Crippen LogP contribution in [0.5, 0.6) is 0 Å². The number of aliphatic hydroxyl groups is 1. The number of carbonyl (C=O) groups excluding carboxylic acids is 1. The van der Waals surface area contributed by atoms with Gasteiger partial charge in [0.1, 0.15) is 6.04 Å². The molecule has 0 aromatic rings. The van der Waals surface area contributed by atoms with Gasteiger partial charge in [-0.3, -0.25) is 4.79 Å². The van der Waals surface area contributed by atoms with Gasteiger partial charge in [0.05, 0.1) is 6.61 Å². The van der Waals surface area contributed by atoms with Gasteiger partial charge < -0.3 is 16.2 Å². The van der Waals surface area contributed by atoms with E-state index in [0.29, 0.717) is 6.54 Å². The lowest BCUT2D eigenvalue weighted by atomic mass is 10.0. The predicted octanol–water partition coefficient (Wildman–Crippen LogP) is 5.11. The summed E-state index contributed by atoms with van der Waals surface area (Å²) >= 11 is 0. The van der Waals surface area contributed by atoms with Crippen molar-refractivity contribution in [1.82, 2.24) is 5.32 Å². The third kappa shape index (κ3) is 20.0. The highest BCUT2D eigenvalue weighted by Gasteiger charge is 2.10. The molecule has 0 aromatic heterocycles. The summed E-state index contributed by atoms with van der Waals surface area (Å²) in [5, 5.41) is 11.5. The van der Waals surface area contributed by atoms with E-state index >= 15 is 0 Å². The van der Waals surface area contributed by atoms with E-state index in [1.165, 1.54) is 89.9 Å². The van der Waals surface area contributed by atoms with Gasteiger partial charge in [-0.1, -0.05) is 103 Å². The zero-order valence-electron chi connectivity index (χ0n) is 17.1. The minimum absolute atomic E-state index is 0. The van der Waals surface area contributed by atoms with Crippen LogP contribution in [0.3, 0.4) is 0 Å². The van der Waals surface area contributed by atoms with Crippen LogP contribution in [0.1, 0.15) is 110 Å². The maximum Gasteiger partial charge on any atom is 0.239 e. The first-order chi connectivity index (χ1) is 12.2. The zero-order chi connectivity index (χ0) is 18.6. The highest BCUT2D eigenvalue weighted by molar-refractivity contribution is 5.85. The molecule has 4 N–H and O–H groups in total. The van der Waals surface area contributed by atoms with Gasteiger partial charge in [-0.2, -0.15) is 0 Å². The summed E-state index contributed by atoms with van der Waals surface area (Å²) in [6, 6.07) is -0.777. The topological polar surface area (TPSA) is 75.4 Å². The number of halogens is 1. The number of hydrogen-bond acceptors (Lipinski definition) is 3. The fourth-order valence-corrected chi connectivity index (χ4v) is 3.10. The summed E-state index contributed by atoms with van der Waals surface area (Å²) in [4.78, 5) is 11.3. The molecular weight excluding hydrogens is 348 g/mol. The molecule has 0 aliphatic carbocycles. The minimum atomic E-state index is -0.777. The predicted molar refractivity (Wildman–Crippen MR) is 115 cm³/mol. The summed E-state index contributed by atoms with van der Waals surface area (Å²) in [5.74, 6) is -0.247. The summed E-state index contributed by atoms with van der Waals surface area (Å²) in [6.45, 7) is 2.66. The molecule has 0 bridgehead atoms. The summed E-state index contributed by atoms with van der Waals surface area (Å²) in [5.41, 5.74) is 5.43. The molecule has 26 heavy (non-hydrogen) atoms. The average Bonchev–Trinajstić information content (AvgIpc) is 2.63. The second-order valence-electron chi connectivity index (χ2n) is 7.38. The quantitative estimate of drug-likeness (QED) is 0.267. The monoisotopic (exact) mass is 392 g/mol. The number of rotatable bonds is 19. The molecule has 1 atom stereocenters. The van der Waals surface area contributed by atoms with Crippen LogP contribution >= 0.6 is 12.4 Å². The van der Waals surface area contributed by atoms with Crippen molar-refractivity contribution in [2.45, 2.75) is 116 Å². The third-order valence-corrected chi connectivity index (χ3v) is 4.86. The number of nitrogens with one attached hydrogen (secondary N) is 1. The fourth-order valence-electron chi connectivity index (χ4n) is 3.10. The third-order valence-electron chi connectivity index (χ3n) is 4.86. The minimum Gasteiger partial charge on any atom is -0.394 e. The molecule has 0 rings (SSSR count). The Morgan fingerprint density at radius 3 is 1.46 bits per heavy atom. The highest BCUT2D eigenvalue weighted by atomic mass is 35.5. The van der Waals surface area contributed by atoms with Gasteiger partial charge in [-0.25, -0.2) is 0 Å². The van der Waals surface area contributed by atoms with Gasteiger partial charge in [-0.05, 0) is 6.42 Å². The molecule has 0 saturated carbocycles. The van der Waals surface area contributed by atoms with E-state index in [1.807, 2.05) is 0 Å². The Morgan fingerprint density at radius 1 is 0.769 bits per heavy atom. The fraction of sp³-hybridized carbons (Fsp3) is 0.952. The molecule has 0 heterocycles. The molecule has 0 aromatic carbocycles. The smallest absolute Gasteiger partial charge is 0.239 e. The van der Waals surface area contributed by atoms with E-state index in [9.17, 15) is 4.79 Å². The van der Waals surface area contributed by atoms with E-state index in [1.54, 1.807) is 0 Å². The Hall–Kier alpha value is -0.320. The van der Waals surface area contributed by atoms with E-state index < -0.39 is 6.04 Å². The standard InChI is InChI=1S/C21H44N2O2.ClH/c1-2-3-4-5-6-7-8-9-10-11-12-13-14-15-16-17-18-23-21(25)20(22)19-24;/h20,24H,2-19,22H2,1H3,(H,23,25);1H/t20-;/m1./s1. The first-order valence-electron chi connectivity index (χ1n) is 10.9. The molecule has 1 amide bonds. The molecule has 158 valence electrons. The van der Waals surface area contributed by atoms with E-state index in [0.717, 1.165) is 12.8 Å². The number of unbranched alkanes of at least 4 members (excludes halogenated alkanes) is 15. The molecule has 0 spiro atoms. The van der Waals surface area contributed by atoms with Crippen molar-refractivity contribution >= 4 is 18.3 Å². The SMILES string of the molecule is CCCCCCCCCCCCCCCCCCNC(=O)[C@H](N)CO.Cl. The van der Waals surface area contributed by atoms with Gasteiger partial charge in [0.25, 0.3) is 0 Å².